The number of unbranched alkanes of at least 4 members (excludes halogenated alkanes) is 1. The third-order valence-electron chi connectivity index (χ3n) is 1.84. The first kappa shape index (κ1) is 12.2. The van der Waals surface area contributed by atoms with Crippen LogP contribution in [0.3, 0.4) is 0 Å². The molecule has 0 nitrogen and oxygen atoms in total. The van der Waals surface area contributed by atoms with E-state index in [2.05, 4.69) is 17.8 Å². The van der Waals surface area contributed by atoms with Crippen LogP contribution in [0.25, 0.3) is 0 Å². The summed E-state index contributed by atoms with van der Waals surface area (Å²) in [7, 11) is 0. The molecule has 0 N–H and O–H groups in total. The van der Waals surface area contributed by atoms with Crippen LogP contribution >= 0.6 is 0 Å². The van der Waals surface area contributed by atoms with Gasteiger partial charge in [0, 0.05) is 18.4 Å². The number of terminal acetylenes is 1. The molecule has 0 aliphatic rings. The lowest BCUT2D eigenvalue weighted by atomic mass is 10.1. The maximum atomic E-state index is 12.2. The highest BCUT2D eigenvalue weighted by Gasteiger charge is 2.29. The van der Waals surface area contributed by atoms with Gasteiger partial charge in [0.05, 0.1) is 5.56 Å². The molecule has 1 rings (SSSR count). The highest BCUT2D eigenvalue weighted by molar-refractivity contribution is 5.36. The van der Waals surface area contributed by atoms with E-state index in [1.807, 2.05) is 0 Å². The third kappa shape index (κ3) is 3.71. The SMILES string of the molecule is C#CCCC#Cc1ccc(C(F)(F)F)cc1. The second kappa shape index (κ2) is 5.28. The molecule has 0 atom stereocenters. The summed E-state index contributed by atoms with van der Waals surface area (Å²) in [5.41, 5.74) is -0.105. The predicted octanol–water partition coefficient (Wildman–Crippen LogP) is 3.47. The average Bonchev–Trinajstić information content (AvgIpc) is 2.24. The fourth-order valence-electron chi connectivity index (χ4n) is 1.04. The van der Waals surface area contributed by atoms with Crippen molar-refractivity contribution < 1.29 is 13.2 Å². The fraction of sp³-hybridized carbons (Fsp3) is 0.231. The predicted molar refractivity (Wildman–Crippen MR) is 56.4 cm³/mol. The molecule has 0 aliphatic carbocycles. The topological polar surface area (TPSA) is 0 Å². The molecule has 0 aliphatic heterocycles. The van der Waals surface area contributed by atoms with E-state index in [9.17, 15) is 13.2 Å². The van der Waals surface area contributed by atoms with Gasteiger partial charge in [-0.05, 0) is 24.3 Å². The lowest BCUT2D eigenvalue weighted by molar-refractivity contribution is -0.137. The van der Waals surface area contributed by atoms with Crippen LogP contribution in [0, 0.1) is 24.2 Å². The second-order valence-corrected chi connectivity index (χ2v) is 3.08. The van der Waals surface area contributed by atoms with Crippen molar-refractivity contribution in [2.24, 2.45) is 0 Å². The summed E-state index contributed by atoms with van der Waals surface area (Å²) in [5.74, 6) is 7.96. The summed E-state index contributed by atoms with van der Waals surface area (Å²) in [6.07, 6.45) is 1.84. The zero-order valence-corrected chi connectivity index (χ0v) is 8.43. The second-order valence-electron chi connectivity index (χ2n) is 3.08. The minimum atomic E-state index is -4.30. The van der Waals surface area contributed by atoms with Gasteiger partial charge in [0.25, 0.3) is 0 Å². The maximum absolute atomic E-state index is 12.2. The van der Waals surface area contributed by atoms with Crippen LogP contribution in [0.2, 0.25) is 0 Å². The van der Waals surface area contributed by atoms with Gasteiger partial charge in [-0.3, -0.25) is 0 Å². The smallest absolute Gasteiger partial charge is 0.166 e. The van der Waals surface area contributed by atoms with Crippen molar-refractivity contribution in [3.63, 3.8) is 0 Å². The van der Waals surface area contributed by atoms with Crippen LogP contribution in [-0.4, -0.2) is 0 Å². The highest BCUT2D eigenvalue weighted by Crippen LogP contribution is 2.28. The molecule has 0 saturated heterocycles. The van der Waals surface area contributed by atoms with Crippen molar-refractivity contribution in [2.75, 3.05) is 0 Å². The van der Waals surface area contributed by atoms with Crippen LogP contribution in [0.4, 0.5) is 13.2 Å². The fourth-order valence-corrected chi connectivity index (χ4v) is 1.04. The highest BCUT2D eigenvalue weighted by atomic mass is 19.4. The molecule has 0 amide bonds. The quantitative estimate of drug-likeness (QED) is 0.504. The van der Waals surface area contributed by atoms with Gasteiger partial charge in [0.2, 0.25) is 0 Å². The molecule has 0 radical (unpaired) electrons. The van der Waals surface area contributed by atoms with Gasteiger partial charge < -0.3 is 0 Å². The molecule has 16 heavy (non-hydrogen) atoms. The molecule has 0 saturated carbocycles. The van der Waals surface area contributed by atoms with Crippen molar-refractivity contribution in [3.8, 4) is 24.2 Å². The number of benzene rings is 1. The number of hydrogen-bond donors (Lipinski definition) is 0. The minimum absolute atomic E-state index is 0.549. The van der Waals surface area contributed by atoms with Crippen molar-refractivity contribution >= 4 is 0 Å². The Morgan fingerprint density at radius 1 is 1.06 bits per heavy atom. The third-order valence-corrected chi connectivity index (χ3v) is 1.84. The molecule has 0 heterocycles. The van der Waals surface area contributed by atoms with Crippen molar-refractivity contribution in [3.05, 3.63) is 35.4 Å². The summed E-state index contributed by atoms with van der Waals surface area (Å²) >= 11 is 0. The maximum Gasteiger partial charge on any atom is 0.416 e. The normalized spacial score (nSPS) is 10.1. The Hall–Kier alpha value is -1.87. The van der Waals surface area contributed by atoms with Crippen molar-refractivity contribution in [2.45, 2.75) is 19.0 Å². The first-order chi connectivity index (χ1) is 7.54. The average molecular weight is 222 g/mol. The van der Waals surface area contributed by atoms with E-state index in [1.54, 1.807) is 0 Å². The summed E-state index contributed by atoms with van der Waals surface area (Å²) in [4.78, 5) is 0. The van der Waals surface area contributed by atoms with Gasteiger partial charge >= 0.3 is 6.18 Å². The monoisotopic (exact) mass is 222 g/mol. The molecule has 1 aromatic carbocycles. The van der Waals surface area contributed by atoms with Crippen LogP contribution in [-0.2, 0) is 6.18 Å². The van der Waals surface area contributed by atoms with Crippen molar-refractivity contribution in [1.29, 1.82) is 0 Å². The van der Waals surface area contributed by atoms with Crippen LogP contribution in [0.15, 0.2) is 24.3 Å². The molecule has 3 heteroatoms. The Kier molecular flexibility index (Phi) is 4.03. The summed E-state index contributed by atoms with van der Waals surface area (Å²) in [6.45, 7) is 0. The molecule has 0 aromatic heterocycles. The Morgan fingerprint density at radius 2 is 1.69 bits per heavy atom. The standard InChI is InChI=1S/C13H9F3/c1-2-3-4-5-6-11-7-9-12(10-8-11)13(14,15)16/h1,7-10H,3-4H2. The first-order valence-corrected chi connectivity index (χ1v) is 4.63. The summed E-state index contributed by atoms with van der Waals surface area (Å²) in [6, 6.07) is 4.74. The Labute approximate surface area is 92.5 Å². The van der Waals surface area contributed by atoms with Crippen LogP contribution in [0.5, 0.6) is 0 Å². The van der Waals surface area contributed by atoms with Gasteiger partial charge in [0.1, 0.15) is 0 Å². The van der Waals surface area contributed by atoms with Gasteiger partial charge in [-0.2, -0.15) is 13.2 Å². The lowest BCUT2D eigenvalue weighted by Gasteiger charge is -2.05. The lowest BCUT2D eigenvalue weighted by Crippen LogP contribution is -2.04. The van der Waals surface area contributed by atoms with E-state index >= 15 is 0 Å². The Bertz CT molecular complexity index is 435. The van der Waals surface area contributed by atoms with E-state index < -0.39 is 11.7 Å². The molecule has 1 aromatic rings. The number of hydrogen-bond acceptors (Lipinski definition) is 0. The van der Waals surface area contributed by atoms with Gasteiger partial charge in [-0.15, -0.1) is 12.3 Å². The van der Waals surface area contributed by atoms with E-state index in [-0.39, 0.29) is 0 Å². The minimum Gasteiger partial charge on any atom is -0.166 e. The zero-order valence-electron chi connectivity index (χ0n) is 8.43. The molecule has 0 unspecified atom stereocenters. The summed E-state index contributed by atoms with van der Waals surface area (Å²) in [5, 5.41) is 0. The molecular weight excluding hydrogens is 213 g/mol. The van der Waals surface area contributed by atoms with E-state index in [4.69, 9.17) is 6.42 Å². The van der Waals surface area contributed by atoms with E-state index in [0.29, 0.717) is 18.4 Å². The number of halogens is 3. The van der Waals surface area contributed by atoms with Crippen LogP contribution < -0.4 is 0 Å². The molecule has 0 fully saturated rings. The Balaban J connectivity index is 2.72. The zero-order chi connectivity index (χ0) is 12.0. The van der Waals surface area contributed by atoms with Gasteiger partial charge in [-0.1, -0.05) is 11.8 Å². The molecule has 0 spiro atoms. The first-order valence-electron chi connectivity index (χ1n) is 4.63. The summed E-state index contributed by atoms with van der Waals surface area (Å²) < 4.78 is 36.6. The largest absolute Gasteiger partial charge is 0.416 e. The van der Waals surface area contributed by atoms with E-state index in [0.717, 1.165) is 12.1 Å². The van der Waals surface area contributed by atoms with E-state index in [1.165, 1.54) is 12.1 Å². The van der Waals surface area contributed by atoms with Gasteiger partial charge in [0.15, 0.2) is 0 Å². The molecule has 82 valence electrons. The molecular formula is C13H9F3. The van der Waals surface area contributed by atoms with Crippen LogP contribution in [0.1, 0.15) is 24.0 Å². The van der Waals surface area contributed by atoms with Crippen molar-refractivity contribution in [1.82, 2.24) is 0 Å². The number of alkyl halides is 3. The Morgan fingerprint density at radius 3 is 2.19 bits per heavy atom. The molecule has 0 bridgehead atoms. The number of rotatable bonds is 1. The van der Waals surface area contributed by atoms with Gasteiger partial charge in [-0.25, -0.2) is 0 Å².